The molecule has 0 unspecified atom stereocenters. The average Bonchev–Trinajstić information content (AvgIpc) is 2.31. The van der Waals surface area contributed by atoms with E-state index < -0.39 is 0 Å². The van der Waals surface area contributed by atoms with Crippen LogP contribution in [0.15, 0.2) is 12.1 Å². The number of hydrogen-bond acceptors (Lipinski definition) is 3. The van der Waals surface area contributed by atoms with E-state index in [1.54, 1.807) is 29.8 Å². The Kier molecular flexibility index (Phi) is 5.43. The molecule has 0 fully saturated rings. The van der Waals surface area contributed by atoms with E-state index in [1.165, 1.54) is 6.07 Å². The van der Waals surface area contributed by atoms with Gasteiger partial charge in [-0.05, 0) is 18.4 Å². The Balaban J connectivity index is 2.89. The number of thioether (sulfide) groups is 1. The lowest BCUT2D eigenvalue weighted by atomic mass is 10.2. The number of nitrogen functional groups attached to an aromatic ring is 1. The van der Waals surface area contributed by atoms with Crippen molar-refractivity contribution in [3.8, 4) is 0 Å². The van der Waals surface area contributed by atoms with Crippen LogP contribution in [0, 0.1) is 0 Å². The van der Waals surface area contributed by atoms with Crippen LogP contribution < -0.4 is 5.73 Å². The van der Waals surface area contributed by atoms with Gasteiger partial charge in [0.2, 0.25) is 0 Å². The predicted molar refractivity (Wildman–Crippen MR) is 76.2 cm³/mol. The minimum absolute atomic E-state index is 0.107. The predicted octanol–water partition coefficient (Wildman–Crippen LogP) is 3.01. The van der Waals surface area contributed by atoms with Crippen molar-refractivity contribution in [2.45, 2.75) is 0 Å². The molecule has 0 bridgehead atoms. The molecule has 1 aromatic rings. The Bertz CT molecular complexity index is 403. The smallest absolute Gasteiger partial charge is 0.253 e. The van der Waals surface area contributed by atoms with Gasteiger partial charge in [-0.25, -0.2) is 0 Å². The molecule has 17 heavy (non-hydrogen) atoms. The molecule has 1 aromatic carbocycles. The number of rotatable bonds is 4. The van der Waals surface area contributed by atoms with E-state index >= 15 is 0 Å². The van der Waals surface area contributed by atoms with Crippen molar-refractivity contribution in [3.63, 3.8) is 0 Å². The lowest BCUT2D eigenvalue weighted by Crippen LogP contribution is -2.28. The first-order valence-electron chi connectivity index (χ1n) is 4.96. The van der Waals surface area contributed by atoms with E-state index in [2.05, 4.69) is 0 Å². The summed E-state index contributed by atoms with van der Waals surface area (Å²) < 4.78 is 0. The van der Waals surface area contributed by atoms with Gasteiger partial charge in [0.1, 0.15) is 0 Å². The summed E-state index contributed by atoms with van der Waals surface area (Å²) in [5.41, 5.74) is 6.45. The first-order valence-corrected chi connectivity index (χ1v) is 7.11. The van der Waals surface area contributed by atoms with Gasteiger partial charge in [0.15, 0.2) is 0 Å². The maximum atomic E-state index is 12.0. The number of halogens is 2. The summed E-state index contributed by atoms with van der Waals surface area (Å²) in [6, 6.07) is 3.09. The molecule has 2 N–H and O–H groups in total. The number of hydrogen-bond donors (Lipinski definition) is 1. The second kappa shape index (κ2) is 6.38. The zero-order valence-electron chi connectivity index (χ0n) is 9.67. The Labute approximate surface area is 115 Å². The number of carbonyl (C=O) groups excluding carboxylic acids is 1. The third-order valence-corrected chi connectivity index (χ3v) is 3.69. The maximum absolute atomic E-state index is 12.0. The number of amides is 1. The minimum Gasteiger partial charge on any atom is -0.397 e. The molecule has 0 saturated carbocycles. The second-order valence-electron chi connectivity index (χ2n) is 3.58. The highest BCUT2D eigenvalue weighted by atomic mass is 35.5. The van der Waals surface area contributed by atoms with Crippen LogP contribution >= 0.6 is 35.0 Å². The molecule has 0 atom stereocenters. The molecule has 1 rings (SSSR count). The molecule has 0 aliphatic rings. The molecular formula is C11H14Cl2N2OS. The van der Waals surface area contributed by atoms with Crippen molar-refractivity contribution in [2.24, 2.45) is 0 Å². The molecule has 6 heteroatoms. The second-order valence-corrected chi connectivity index (χ2v) is 5.35. The summed E-state index contributed by atoms with van der Waals surface area (Å²) in [6.07, 6.45) is 2.00. The monoisotopic (exact) mass is 292 g/mol. The molecule has 0 heterocycles. The number of benzene rings is 1. The number of nitrogens with two attached hydrogens (primary N) is 1. The number of nitrogens with zero attached hydrogens (tertiary/aromatic N) is 1. The largest absolute Gasteiger partial charge is 0.397 e. The summed E-state index contributed by atoms with van der Waals surface area (Å²) in [5.74, 6) is 0.781. The van der Waals surface area contributed by atoms with Gasteiger partial charge in [-0.15, -0.1) is 0 Å². The van der Waals surface area contributed by atoms with Crippen LogP contribution in [0.3, 0.4) is 0 Å². The normalized spacial score (nSPS) is 10.4. The average molecular weight is 293 g/mol. The SMILES string of the molecule is CSCCN(C)C(=O)c1cc(N)c(Cl)c(Cl)c1. The van der Waals surface area contributed by atoms with Gasteiger partial charge in [-0.3, -0.25) is 4.79 Å². The first-order chi connectivity index (χ1) is 7.97. The Morgan fingerprint density at radius 2 is 2.12 bits per heavy atom. The highest BCUT2D eigenvalue weighted by molar-refractivity contribution is 7.98. The van der Waals surface area contributed by atoms with Crippen LogP contribution in [0.5, 0.6) is 0 Å². The lowest BCUT2D eigenvalue weighted by molar-refractivity contribution is 0.0804. The zero-order chi connectivity index (χ0) is 13.0. The zero-order valence-corrected chi connectivity index (χ0v) is 12.0. The van der Waals surface area contributed by atoms with Gasteiger partial charge in [-0.2, -0.15) is 11.8 Å². The fourth-order valence-electron chi connectivity index (χ4n) is 1.28. The molecule has 0 aliphatic heterocycles. The summed E-state index contributed by atoms with van der Waals surface area (Å²) in [7, 11) is 1.75. The van der Waals surface area contributed by atoms with Gasteiger partial charge in [0.25, 0.3) is 5.91 Å². The van der Waals surface area contributed by atoms with E-state index in [1.807, 2.05) is 6.26 Å². The summed E-state index contributed by atoms with van der Waals surface area (Å²) in [6.45, 7) is 0.681. The van der Waals surface area contributed by atoms with E-state index in [9.17, 15) is 4.79 Å². The standard InChI is InChI=1S/C11H14Cl2N2OS/c1-15(3-4-17-2)11(16)7-5-8(12)10(13)9(14)6-7/h5-6H,3-4,14H2,1-2H3. The Morgan fingerprint density at radius 1 is 1.47 bits per heavy atom. The van der Waals surface area contributed by atoms with Gasteiger partial charge in [0, 0.05) is 24.9 Å². The van der Waals surface area contributed by atoms with Crippen molar-refractivity contribution in [1.82, 2.24) is 4.90 Å². The third kappa shape index (κ3) is 3.69. The van der Waals surface area contributed by atoms with E-state index in [0.29, 0.717) is 22.8 Å². The molecule has 1 amide bonds. The van der Waals surface area contributed by atoms with Gasteiger partial charge in [0.05, 0.1) is 15.7 Å². The number of anilines is 1. The molecule has 0 radical (unpaired) electrons. The fraction of sp³-hybridized carbons (Fsp3) is 0.364. The summed E-state index contributed by atoms with van der Waals surface area (Å²) in [5, 5.41) is 0.586. The lowest BCUT2D eigenvalue weighted by Gasteiger charge is -2.17. The van der Waals surface area contributed by atoms with Crippen molar-refractivity contribution in [3.05, 3.63) is 27.7 Å². The molecule has 0 aliphatic carbocycles. The van der Waals surface area contributed by atoms with Crippen molar-refractivity contribution >= 4 is 46.6 Å². The van der Waals surface area contributed by atoms with Crippen molar-refractivity contribution < 1.29 is 4.79 Å². The van der Waals surface area contributed by atoms with E-state index in [4.69, 9.17) is 28.9 Å². The van der Waals surface area contributed by atoms with Crippen molar-refractivity contribution in [2.75, 3.05) is 31.3 Å². The maximum Gasteiger partial charge on any atom is 0.253 e. The van der Waals surface area contributed by atoms with Crippen LogP contribution in [0.25, 0.3) is 0 Å². The highest BCUT2D eigenvalue weighted by Crippen LogP contribution is 2.29. The molecule has 0 spiro atoms. The summed E-state index contributed by atoms with van der Waals surface area (Å²) >= 11 is 13.4. The fourth-order valence-corrected chi connectivity index (χ4v) is 2.08. The van der Waals surface area contributed by atoms with E-state index in [-0.39, 0.29) is 10.9 Å². The molecule has 94 valence electrons. The van der Waals surface area contributed by atoms with Gasteiger partial charge in [-0.1, -0.05) is 23.2 Å². The molecule has 0 aromatic heterocycles. The van der Waals surface area contributed by atoms with Crippen LogP contribution in [-0.4, -0.2) is 36.4 Å². The Hall–Kier alpha value is -0.580. The molecule has 0 saturated heterocycles. The van der Waals surface area contributed by atoms with Crippen molar-refractivity contribution in [1.29, 1.82) is 0 Å². The van der Waals surface area contributed by atoms with Crippen LogP contribution in [-0.2, 0) is 0 Å². The van der Waals surface area contributed by atoms with E-state index in [0.717, 1.165) is 5.75 Å². The quantitative estimate of drug-likeness (QED) is 0.868. The first kappa shape index (κ1) is 14.5. The van der Waals surface area contributed by atoms with Crippen LogP contribution in [0.4, 0.5) is 5.69 Å². The minimum atomic E-state index is -0.107. The molecular weight excluding hydrogens is 279 g/mol. The third-order valence-electron chi connectivity index (χ3n) is 2.28. The highest BCUT2D eigenvalue weighted by Gasteiger charge is 2.14. The van der Waals surface area contributed by atoms with Crippen LogP contribution in [0.1, 0.15) is 10.4 Å². The van der Waals surface area contributed by atoms with Gasteiger partial charge >= 0.3 is 0 Å². The topological polar surface area (TPSA) is 46.3 Å². The number of carbonyl (C=O) groups is 1. The molecule has 3 nitrogen and oxygen atoms in total. The van der Waals surface area contributed by atoms with Gasteiger partial charge < -0.3 is 10.6 Å². The summed E-state index contributed by atoms with van der Waals surface area (Å²) in [4.78, 5) is 13.7. The van der Waals surface area contributed by atoms with Crippen LogP contribution in [0.2, 0.25) is 10.0 Å². The Morgan fingerprint density at radius 3 is 2.65 bits per heavy atom.